The predicted octanol–water partition coefficient (Wildman–Crippen LogP) is 4.06. The molecule has 0 amide bonds. The number of ether oxygens (including phenoxy) is 1. The Morgan fingerprint density at radius 1 is 1.07 bits per heavy atom. The SMILES string of the molecule is CC.CC.CC1Cc2ccccc2O1. The maximum atomic E-state index is 5.51. The fraction of sp³-hybridized carbons (Fsp3) is 0.538. The molecule has 1 heterocycles. The fourth-order valence-electron chi connectivity index (χ4n) is 1.36. The molecule has 1 unspecified atom stereocenters. The van der Waals surface area contributed by atoms with Crippen molar-refractivity contribution in [3.63, 3.8) is 0 Å². The van der Waals surface area contributed by atoms with Gasteiger partial charge in [0.05, 0.1) is 0 Å². The van der Waals surface area contributed by atoms with Gasteiger partial charge >= 0.3 is 0 Å². The van der Waals surface area contributed by atoms with Gasteiger partial charge < -0.3 is 4.74 Å². The Morgan fingerprint density at radius 3 is 2.21 bits per heavy atom. The zero-order valence-corrected chi connectivity index (χ0v) is 10.0. The fourth-order valence-corrected chi connectivity index (χ4v) is 1.36. The van der Waals surface area contributed by atoms with Gasteiger partial charge in [0.1, 0.15) is 11.9 Å². The average Bonchev–Trinajstić information content (AvgIpc) is 2.64. The van der Waals surface area contributed by atoms with E-state index in [1.54, 1.807) is 0 Å². The molecule has 1 aromatic rings. The molecule has 1 aliphatic rings. The molecule has 80 valence electrons. The third-order valence-corrected chi connectivity index (χ3v) is 1.81. The Morgan fingerprint density at radius 2 is 1.64 bits per heavy atom. The van der Waals surface area contributed by atoms with Crippen LogP contribution in [0.4, 0.5) is 0 Å². The standard InChI is InChI=1S/C9H10O.2C2H6/c1-7-6-8-4-2-3-5-9(8)10-7;2*1-2/h2-5,7H,6H2,1H3;2*1-2H3. The van der Waals surface area contributed by atoms with Crippen molar-refractivity contribution in [2.75, 3.05) is 0 Å². The van der Waals surface area contributed by atoms with Crippen molar-refractivity contribution < 1.29 is 4.74 Å². The van der Waals surface area contributed by atoms with Gasteiger partial charge in [-0.15, -0.1) is 0 Å². The normalized spacial score (nSPS) is 16.5. The third kappa shape index (κ3) is 3.41. The van der Waals surface area contributed by atoms with E-state index in [1.807, 2.05) is 39.8 Å². The summed E-state index contributed by atoms with van der Waals surface area (Å²) in [6, 6.07) is 8.22. The molecular weight excluding hydrogens is 172 g/mol. The van der Waals surface area contributed by atoms with Gasteiger partial charge in [-0.2, -0.15) is 0 Å². The van der Waals surface area contributed by atoms with E-state index >= 15 is 0 Å². The van der Waals surface area contributed by atoms with Gasteiger partial charge in [-0.25, -0.2) is 0 Å². The summed E-state index contributed by atoms with van der Waals surface area (Å²) in [7, 11) is 0. The molecule has 1 heteroatoms. The molecule has 14 heavy (non-hydrogen) atoms. The molecule has 0 saturated heterocycles. The Kier molecular flexibility index (Phi) is 6.91. The van der Waals surface area contributed by atoms with E-state index in [-0.39, 0.29) is 0 Å². The second-order valence-electron chi connectivity index (χ2n) is 2.74. The largest absolute Gasteiger partial charge is 0.490 e. The zero-order chi connectivity index (χ0) is 11.0. The summed E-state index contributed by atoms with van der Waals surface area (Å²) in [4.78, 5) is 0. The van der Waals surface area contributed by atoms with Gasteiger partial charge in [0, 0.05) is 6.42 Å². The first-order valence-electron chi connectivity index (χ1n) is 5.61. The highest BCUT2D eigenvalue weighted by atomic mass is 16.5. The van der Waals surface area contributed by atoms with Crippen LogP contribution in [0.1, 0.15) is 40.2 Å². The van der Waals surface area contributed by atoms with Gasteiger partial charge in [0.25, 0.3) is 0 Å². The van der Waals surface area contributed by atoms with Crippen molar-refractivity contribution in [2.24, 2.45) is 0 Å². The van der Waals surface area contributed by atoms with Crippen LogP contribution < -0.4 is 4.74 Å². The van der Waals surface area contributed by atoms with Crippen LogP contribution in [0, 0.1) is 0 Å². The molecule has 0 radical (unpaired) electrons. The third-order valence-electron chi connectivity index (χ3n) is 1.81. The van der Waals surface area contributed by atoms with Crippen LogP contribution in [0.15, 0.2) is 24.3 Å². The molecule has 0 fully saturated rings. The number of hydrogen-bond donors (Lipinski definition) is 0. The molecule has 1 aromatic carbocycles. The average molecular weight is 194 g/mol. The summed E-state index contributed by atoms with van der Waals surface area (Å²) < 4.78 is 5.51. The summed E-state index contributed by atoms with van der Waals surface area (Å²) >= 11 is 0. The van der Waals surface area contributed by atoms with Crippen LogP contribution >= 0.6 is 0 Å². The highest BCUT2D eigenvalue weighted by molar-refractivity contribution is 5.36. The van der Waals surface area contributed by atoms with Crippen molar-refractivity contribution in [1.29, 1.82) is 0 Å². The lowest BCUT2D eigenvalue weighted by Crippen LogP contribution is -2.05. The van der Waals surface area contributed by atoms with Crippen LogP contribution in [0.5, 0.6) is 5.75 Å². The Labute approximate surface area is 88.1 Å². The van der Waals surface area contributed by atoms with Gasteiger partial charge in [-0.05, 0) is 18.6 Å². The van der Waals surface area contributed by atoms with E-state index in [0.717, 1.165) is 12.2 Å². The maximum Gasteiger partial charge on any atom is 0.123 e. The van der Waals surface area contributed by atoms with E-state index < -0.39 is 0 Å². The Hall–Kier alpha value is -0.980. The summed E-state index contributed by atoms with van der Waals surface area (Å²) in [5, 5.41) is 0. The van der Waals surface area contributed by atoms with E-state index in [4.69, 9.17) is 4.74 Å². The van der Waals surface area contributed by atoms with Crippen molar-refractivity contribution in [3.8, 4) is 5.75 Å². The molecule has 1 nitrogen and oxygen atoms in total. The topological polar surface area (TPSA) is 9.23 Å². The summed E-state index contributed by atoms with van der Waals surface area (Å²) in [6.07, 6.45) is 1.44. The predicted molar refractivity (Wildman–Crippen MR) is 62.9 cm³/mol. The lowest BCUT2D eigenvalue weighted by atomic mass is 10.1. The van der Waals surface area contributed by atoms with Gasteiger partial charge in [-0.1, -0.05) is 45.9 Å². The van der Waals surface area contributed by atoms with Crippen LogP contribution in [0.25, 0.3) is 0 Å². The van der Waals surface area contributed by atoms with Gasteiger partial charge in [0.2, 0.25) is 0 Å². The first kappa shape index (κ1) is 13.0. The monoisotopic (exact) mass is 194 g/mol. The summed E-state index contributed by atoms with van der Waals surface area (Å²) in [5.74, 6) is 1.06. The van der Waals surface area contributed by atoms with Crippen molar-refractivity contribution in [2.45, 2.75) is 47.1 Å². The molecule has 1 aliphatic heterocycles. The molecular formula is C13H22O. The first-order valence-corrected chi connectivity index (χ1v) is 5.61. The van der Waals surface area contributed by atoms with Crippen LogP contribution in [-0.2, 0) is 6.42 Å². The van der Waals surface area contributed by atoms with Gasteiger partial charge in [-0.3, -0.25) is 0 Å². The lowest BCUT2D eigenvalue weighted by molar-refractivity contribution is 0.254. The molecule has 0 N–H and O–H groups in total. The van der Waals surface area contributed by atoms with Gasteiger partial charge in [0.15, 0.2) is 0 Å². The number of hydrogen-bond acceptors (Lipinski definition) is 1. The van der Waals surface area contributed by atoms with Crippen LogP contribution in [-0.4, -0.2) is 6.10 Å². The van der Waals surface area contributed by atoms with E-state index in [2.05, 4.69) is 19.1 Å². The first-order chi connectivity index (χ1) is 6.86. The van der Waals surface area contributed by atoms with E-state index in [0.29, 0.717) is 6.10 Å². The highest BCUT2D eigenvalue weighted by Crippen LogP contribution is 2.27. The quantitative estimate of drug-likeness (QED) is 0.605. The number of para-hydroxylation sites is 1. The summed E-state index contributed by atoms with van der Waals surface area (Å²) in [5.41, 5.74) is 1.34. The van der Waals surface area contributed by atoms with E-state index in [1.165, 1.54) is 5.56 Å². The molecule has 0 aliphatic carbocycles. The second kappa shape index (κ2) is 7.43. The van der Waals surface area contributed by atoms with Crippen molar-refractivity contribution in [1.82, 2.24) is 0 Å². The van der Waals surface area contributed by atoms with Crippen LogP contribution in [0.3, 0.4) is 0 Å². The number of rotatable bonds is 0. The molecule has 2 rings (SSSR count). The Balaban J connectivity index is 0.000000379. The smallest absolute Gasteiger partial charge is 0.123 e. The number of fused-ring (bicyclic) bond motifs is 1. The summed E-state index contributed by atoms with van der Waals surface area (Å²) in [6.45, 7) is 10.1. The second-order valence-corrected chi connectivity index (χ2v) is 2.74. The molecule has 0 saturated carbocycles. The minimum Gasteiger partial charge on any atom is -0.490 e. The number of benzene rings is 1. The Bertz CT molecular complexity index is 218. The molecule has 0 bridgehead atoms. The minimum atomic E-state index is 0.373. The molecule has 1 atom stereocenters. The minimum absolute atomic E-state index is 0.373. The maximum absolute atomic E-state index is 5.51. The van der Waals surface area contributed by atoms with Crippen molar-refractivity contribution in [3.05, 3.63) is 29.8 Å². The highest BCUT2D eigenvalue weighted by Gasteiger charge is 2.16. The molecule has 0 spiro atoms. The molecule has 0 aromatic heterocycles. The lowest BCUT2D eigenvalue weighted by Gasteiger charge is -2.00. The van der Waals surface area contributed by atoms with Crippen molar-refractivity contribution >= 4 is 0 Å². The van der Waals surface area contributed by atoms with E-state index in [9.17, 15) is 0 Å². The zero-order valence-electron chi connectivity index (χ0n) is 10.0. The van der Waals surface area contributed by atoms with Crippen LogP contribution in [0.2, 0.25) is 0 Å².